The number of aromatic nitrogens is 2. The van der Waals surface area contributed by atoms with Crippen molar-refractivity contribution in [3.63, 3.8) is 0 Å². The Hall–Kier alpha value is -1.50. The van der Waals surface area contributed by atoms with E-state index in [1.807, 2.05) is 13.8 Å². The smallest absolute Gasteiger partial charge is 0.315 e. The van der Waals surface area contributed by atoms with Crippen LogP contribution in [0.15, 0.2) is 12.4 Å². The van der Waals surface area contributed by atoms with Crippen LogP contribution in [0.1, 0.15) is 26.3 Å². The lowest BCUT2D eigenvalue weighted by atomic mass is 10.4. The molecule has 1 rings (SSSR count). The van der Waals surface area contributed by atoms with Gasteiger partial charge >= 0.3 is 5.97 Å². The van der Waals surface area contributed by atoms with E-state index < -0.39 is 0 Å². The van der Waals surface area contributed by atoms with Gasteiger partial charge in [-0.05, 0) is 13.8 Å². The SMILES string of the molecule is COC(=O)CSCCC(=O)Nc1cnn(C(C)C)c1. The van der Waals surface area contributed by atoms with Crippen molar-refractivity contribution in [1.29, 1.82) is 0 Å². The molecule has 1 aromatic heterocycles. The Labute approximate surface area is 116 Å². The average Bonchev–Trinajstić information content (AvgIpc) is 2.83. The minimum absolute atomic E-state index is 0.0827. The van der Waals surface area contributed by atoms with E-state index in [1.165, 1.54) is 18.9 Å². The minimum atomic E-state index is -0.274. The summed E-state index contributed by atoms with van der Waals surface area (Å²) in [7, 11) is 1.35. The first-order chi connectivity index (χ1) is 9.02. The molecule has 0 radical (unpaired) electrons. The highest BCUT2D eigenvalue weighted by Crippen LogP contribution is 2.11. The van der Waals surface area contributed by atoms with Gasteiger partial charge in [0.2, 0.25) is 5.91 Å². The van der Waals surface area contributed by atoms with Crippen molar-refractivity contribution in [2.24, 2.45) is 0 Å². The molecule has 0 aliphatic rings. The van der Waals surface area contributed by atoms with Crippen LogP contribution in [0.4, 0.5) is 5.69 Å². The number of amides is 1. The molecule has 0 unspecified atom stereocenters. The monoisotopic (exact) mass is 285 g/mol. The fourth-order valence-electron chi connectivity index (χ4n) is 1.29. The molecule has 1 aromatic rings. The molecule has 19 heavy (non-hydrogen) atoms. The van der Waals surface area contributed by atoms with Crippen molar-refractivity contribution >= 4 is 29.3 Å². The Bertz CT molecular complexity index is 432. The van der Waals surface area contributed by atoms with Crippen LogP contribution in [-0.2, 0) is 14.3 Å². The first-order valence-electron chi connectivity index (χ1n) is 6.01. The van der Waals surface area contributed by atoms with Crippen molar-refractivity contribution in [3.05, 3.63) is 12.4 Å². The van der Waals surface area contributed by atoms with Crippen molar-refractivity contribution in [2.75, 3.05) is 23.9 Å². The molecule has 1 heterocycles. The highest BCUT2D eigenvalue weighted by atomic mass is 32.2. The van der Waals surface area contributed by atoms with Gasteiger partial charge in [-0.3, -0.25) is 14.3 Å². The van der Waals surface area contributed by atoms with Gasteiger partial charge in [-0.1, -0.05) is 0 Å². The van der Waals surface area contributed by atoms with Gasteiger partial charge in [-0.2, -0.15) is 5.10 Å². The van der Waals surface area contributed by atoms with Crippen LogP contribution in [0.3, 0.4) is 0 Å². The van der Waals surface area contributed by atoms with E-state index in [9.17, 15) is 9.59 Å². The summed E-state index contributed by atoms with van der Waals surface area (Å²) in [6.45, 7) is 4.03. The number of nitrogens with one attached hydrogen (secondary N) is 1. The van der Waals surface area contributed by atoms with Crippen LogP contribution in [0.25, 0.3) is 0 Å². The molecule has 0 saturated carbocycles. The summed E-state index contributed by atoms with van der Waals surface area (Å²) >= 11 is 1.38. The maximum atomic E-state index is 11.6. The van der Waals surface area contributed by atoms with Gasteiger partial charge in [0.1, 0.15) is 0 Å². The zero-order valence-electron chi connectivity index (χ0n) is 11.4. The lowest BCUT2D eigenvalue weighted by Gasteiger charge is -2.04. The van der Waals surface area contributed by atoms with Crippen LogP contribution < -0.4 is 5.32 Å². The highest BCUT2D eigenvalue weighted by molar-refractivity contribution is 7.99. The van der Waals surface area contributed by atoms with Gasteiger partial charge in [-0.15, -0.1) is 11.8 Å². The third-order valence-corrected chi connectivity index (χ3v) is 3.27. The highest BCUT2D eigenvalue weighted by Gasteiger charge is 2.07. The van der Waals surface area contributed by atoms with E-state index in [2.05, 4.69) is 15.2 Å². The van der Waals surface area contributed by atoms with Gasteiger partial charge in [0.05, 0.1) is 24.7 Å². The van der Waals surface area contributed by atoms with Crippen molar-refractivity contribution in [1.82, 2.24) is 9.78 Å². The number of methoxy groups -OCH3 is 1. The van der Waals surface area contributed by atoms with E-state index in [0.29, 0.717) is 17.9 Å². The fourth-order valence-corrected chi connectivity index (χ4v) is 2.05. The molecule has 7 heteroatoms. The number of nitrogens with zero attached hydrogens (tertiary/aromatic N) is 2. The number of carbonyl (C=O) groups excluding carboxylic acids is 2. The van der Waals surface area contributed by atoms with Gasteiger partial charge in [-0.25, -0.2) is 0 Å². The number of ether oxygens (including phenoxy) is 1. The largest absolute Gasteiger partial charge is 0.468 e. The summed E-state index contributed by atoms with van der Waals surface area (Å²) < 4.78 is 6.29. The molecule has 0 aromatic carbocycles. The second kappa shape index (κ2) is 7.83. The molecule has 1 amide bonds. The van der Waals surface area contributed by atoms with Crippen molar-refractivity contribution in [3.8, 4) is 0 Å². The number of hydrogen-bond donors (Lipinski definition) is 1. The van der Waals surface area contributed by atoms with Gasteiger partial charge in [0.25, 0.3) is 0 Å². The average molecular weight is 285 g/mol. The number of carbonyl (C=O) groups is 2. The number of rotatable bonds is 7. The molecule has 0 saturated heterocycles. The number of hydrogen-bond acceptors (Lipinski definition) is 5. The lowest BCUT2D eigenvalue weighted by Crippen LogP contribution is -2.12. The first-order valence-corrected chi connectivity index (χ1v) is 7.17. The van der Waals surface area contributed by atoms with Crippen LogP contribution in [0, 0.1) is 0 Å². The Morgan fingerprint density at radius 2 is 2.26 bits per heavy atom. The summed E-state index contributed by atoms with van der Waals surface area (Å²) in [6, 6.07) is 0.265. The zero-order chi connectivity index (χ0) is 14.3. The first kappa shape index (κ1) is 15.6. The molecule has 6 nitrogen and oxygen atoms in total. The third kappa shape index (κ3) is 5.78. The third-order valence-electron chi connectivity index (χ3n) is 2.34. The summed E-state index contributed by atoms with van der Waals surface area (Å²) in [6.07, 6.45) is 3.78. The Morgan fingerprint density at radius 1 is 1.53 bits per heavy atom. The van der Waals surface area contributed by atoms with Crippen molar-refractivity contribution in [2.45, 2.75) is 26.3 Å². The van der Waals surface area contributed by atoms with E-state index in [-0.39, 0.29) is 23.7 Å². The zero-order valence-corrected chi connectivity index (χ0v) is 12.2. The summed E-state index contributed by atoms with van der Waals surface area (Å²) in [5, 5.41) is 6.90. The van der Waals surface area contributed by atoms with Gasteiger partial charge in [0.15, 0.2) is 0 Å². The predicted molar refractivity (Wildman–Crippen MR) is 75.2 cm³/mol. The Kier molecular flexibility index (Phi) is 6.41. The quantitative estimate of drug-likeness (QED) is 0.609. The van der Waals surface area contributed by atoms with Crippen LogP contribution in [-0.4, -0.2) is 40.3 Å². The molecule has 0 atom stereocenters. The lowest BCUT2D eigenvalue weighted by molar-refractivity contribution is -0.137. The second-order valence-electron chi connectivity index (χ2n) is 4.23. The summed E-state index contributed by atoms with van der Waals surface area (Å²) in [5.74, 6) is 0.498. The maximum Gasteiger partial charge on any atom is 0.315 e. The molecule has 0 aliphatic heterocycles. The predicted octanol–water partition coefficient (Wildman–Crippen LogP) is 1.70. The molecule has 0 spiro atoms. The second-order valence-corrected chi connectivity index (χ2v) is 5.33. The van der Waals surface area contributed by atoms with Gasteiger partial charge in [0, 0.05) is 24.4 Å². The molecule has 0 bridgehead atoms. The Balaban J connectivity index is 2.25. The van der Waals surface area contributed by atoms with E-state index in [1.54, 1.807) is 17.1 Å². The molecule has 1 N–H and O–H groups in total. The van der Waals surface area contributed by atoms with E-state index in [0.717, 1.165) is 0 Å². The molecule has 106 valence electrons. The topological polar surface area (TPSA) is 73.2 Å². The van der Waals surface area contributed by atoms with E-state index in [4.69, 9.17) is 0 Å². The molecular formula is C12H19N3O3S. The molecule has 0 aliphatic carbocycles. The molecule has 0 fully saturated rings. The van der Waals surface area contributed by atoms with Crippen LogP contribution in [0.5, 0.6) is 0 Å². The standard InChI is InChI=1S/C12H19N3O3S/c1-9(2)15-7-10(6-13-15)14-11(16)4-5-19-8-12(17)18-3/h6-7,9H,4-5,8H2,1-3H3,(H,14,16). The van der Waals surface area contributed by atoms with Gasteiger partial charge < -0.3 is 10.1 Å². The summed E-state index contributed by atoms with van der Waals surface area (Å²) in [4.78, 5) is 22.5. The molecular weight excluding hydrogens is 266 g/mol. The number of esters is 1. The Morgan fingerprint density at radius 3 is 2.84 bits per heavy atom. The number of thioether (sulfide) groups is 1. The summed E-state index contributed by atoms with van der Waals surface area (Å²) in [5.41, 5.74) is 0.691. The van der Waals surface area contributed by atoms with E-state index >= 15 is 0 Å². The maximum absolute atomic E-state index is 11.6. The fraction of sp³-hybridized carbons (Fsp3) is 0.583. The normalized spacial score (nSPS) is 10.5. The van der Waals surface area contributed by atoms with Crippen molar-refractivity contribution < 1.29 is 14.3 Å². The van der Waals surface area contributed by atoms with Crippen LogP contribution in [0.2, 0.25) is 0 Å². The van der Waals surface area contributed by atoms with Crippen LogP contribution >= 0.6 is 11.8 Å². The minimum Gasteiger partial charge on any atom is -0.468 e. The number of anilines is 1.